The predicted molar refractivity (Wildman–Crippen MR) is 114 cm³/mol. The first-order valence-corrected chi connectivity index (χ1v) is 10.3. The molecular weight excluding hydrogens is 368 g/mol. The van der Waals surface area contributed by atoms with Gasteiger partial charge in [-0.1, -0.05) is 12.5 Å². The molecule has 2 amide bonds. The molecule has 1 saturated carbocycles. The van der Waals surface area contributed by atoms with Crippen LogP contribution in [0.25, 0.3) is 5.57 Å². The number of hydrogen-bond acceptors (Lipinski definition) is 5. The Hall–Kier alpha value is -2.67. The van der Waals surface area contributed by atoms with E-state index in [1.807, 2.05) is 30.0 Å². The number of anilines is 2. The summed E-state index contributed by atoms with van der Waals surface area (Å²) < 4.78 is 5.16. The third kappa shape index (κ3) is 3.67. The lowest BCUT2D eigenvalue weighted by Crippen LogP contribution is -2.53. The van der Waals surface area contributed by atoms with E-state index in [1.165, 1.54) is 6.20 Å². The van der Waals surface area contributed by atoms with Crippen LogP contribution in [0.3, 0.4) is 0 Å². The van der Waals surface area contributed by atoms with Gasteiger partial charge >= 0.3 is 0 Å². The van der Waals surface area contributed by atoms with Gasteiger partial charge in [0, 0.05) is 37.4 Å². The number of benzene rings is 1. The molecule has 1 atom stereocenters. The number of amides is 2. The van der Waals surface area contributed by atoms with Crippen molar-refractivity contribution >= 4 is 35.0 Å². The Balaban J connectivity index is 1.71. The van der Waals surface area contributed by atoms with E-state index in [9.17, 15) is 9.59 Å². The third-order valence-electron chi connectivity index (χ3n) is 6.03. The lowest BCUT2D eigenvalue weighted by molar-refractivity contribution is -0.125. The van der Waals surface area contributed by atoms with Crippen LogP contribution in [-0.2, 0) is 14.3 Å². The smallest absolute Gasteiger partial charge is 0.230 e. The van der Waals surface area contributed by atoms with Gasteiger partial charge in [0.2, 0.25) is 11.8 Å². The van der Waals surface area contributed by atoms with Crippen LogP contribution >= 0.6 is 0 Å². The number of carbonyl (C=O) groups is 2. The molecule has 1 aromatic carbocycles. The van der Waals surface area contributed by atoms with E-state index < -0.39 is 0 Å². The number of carbonyl (C=O) groups excluding carboxylic acids is 2. The van der Waals surface area contributed by atoms with Crippen molar-refractivity contribution < 1.29 is 14.3 Å². The first-order valence-electron chi connectivity index (χ1n) is 10.3. The van der Waals surface area contributed by atoms with Crippen molar-refractivity contribution in [3.05, 3.63) is 30.0 Å². The molecule has 1 unspecified atom stereocenters. The highest BCUT2D eigenvalue weighted by Crippen LogP contribution is 2.40. The SMILES string of the molecule is CC(=O)N1c2ccc(C(C=NC3COC3)=CN)cc2N(C(=O)C2CCC2)CC1C. The molecule has 0 radical (unpaired) electrons. The molecule has 0 aromatic heterocycles. The molecule has 3 aliphatic rings. The van der Waals surface area contributed by atoms with Gasteiger partial charge in [0.05, 0.1) is 36.7 Å². The molecule has 0 bridgehead atoms. The summed E-state index contributed by atoms with van der Waals surface area (Å²) in [5.74, 6) is 0.221. The minimum atomic E-state index is -0.0698. The molecule has 2 aliphatic heterocycles. The van der Waals surface area contributed by atoms with Crippen molar-refractivity contribution in [3.63, 3.8) is 0 Å². The zero-order valence-electron chi connectivity index (χ0n) is 17.0. The van der Waals surface area contributed by atoms with Crippen molar-refractivity contribution in [2.24, 2.45) is 16.6 Å². The van der Waals surface area contributed by atoms with Gasteiger partial charge in [-0.3, -0.25) is 14.6 Å². The number of allylic oxidation sites excluding steroid dienone is 1. The van der Waals surface area contributed by atoms with Crippen molar-refractivity contribution in [1.29, 1.82) is 0 Å². The fourth-order valence-corrected chi connectivity index (χ4v) is 4.08. The maximum atomic E-state index is 13.1. The third-order valence-corrected chi connectivity index (χ3v) is 6.03. The first-order chi connectivity index (χ1) is 14.0. The van der Waals surface area contributed by atoms with Gasteiger partial charge in [-0.05, 0) is 37.5 Å². The summed E-state index contributed by atoms with van der Waals surface area (Å²) in [5, 5.41) is 0. The van der Waals surface area contributed by atoms with Crippen LogP contribution in [0.2, 0.25) is 0 Å². The average Bonchev–Trinajstić information content (AvgIpc) is 2.61. The van der Waals surface area contributed by atoms with Gasteiger partial charge in [0.15, 0.2) is 0 Å². The highest BCUT2D eigenvalue weighted by atomic mass is 16.5. The number of rotatable bonds is 4. The Labute approximate surface area is 171 Å². The second kappa shape index (κ2) is 7.99. The highest BCUT2D eigenvalue weighted by Gasteiger charge is 2.37. The van der Waals surface area contributed by atoms with E-state index in [0.29, 0.717) is 19.8 Å². The Morgan fingerprint density at radius 2 is 2.00 bits per heavy atom. The molecular formula is C22H28N4O3. The van der Waals surface area contributed by atoms with Gasteiger partial charge in [-0.2, -0.15) is 0 Å². The topological polar surface area (TPSA) is 88.2 Å². The summed E-state index contributed by atoms with van der Waals surface area (Å²) in [6.45, 7) is 5.32. The number of ether oxygens (including phenoxy) is 1. The molecule has 4 rings (SSSR count). The van der Waals surface area contributed by atoms with Gasteiger partial charge < -0.3 is 20.3 Å². The second-order valence-electron chi connectivity index (χ2n) is 8.11. The zero-order chi connectivity index (χ0) is 20.5. The largest absolute Gasteiger partial charge is 0.404 e. The number of nitrogens with zero attached hydrogens (tertiary/aromatic N) is 3. The summed E-state index contributed by atoms with van der Waals surface area (Å²) in [6, 6.07) is 5.90. The van der Waals surface area contributed by atoms with Gasteiger partial charge in [-0.15, -0.1) is 0 Å². The van der Waals surface area contributed by atoms with E-state index in [2.05, 4.69) is 4.99 Å². The van der Waals surface area contributed by atoms with E-state index in [4.69, 9.17) is 10.5 Å². The molecule has 29 heavy (non-hydrogen) atoms. The minimum absolute atomic E-state index is 0.0246. The van der Waals surface area contributed by atoms with Crippen LogP contribution in [0.1, 0.15) is 38.7 Å². The lowest BCUT2D eigenvalue weighted by atomic mass is 9.84. The van der Waals surface area contributed by atoms with E-state index in [-0.39, 0.29) is 29.8 Å². The molecule has 1 aliphatic carbocycles. The summed E-state index contributed by atoms with van der Waals surface area (Å²) in [4.78, 5) is 33.6. The fourth-order valence-electron chi connectivity index (χ4n) is 4.08. The van der Waals surface area contributed by atoms with Crippen LogP contribution in [0.4, 0.5) is 11.4 Å². The average molecular weight is 396 g/mol. The van der Waals surface area contributed by atoms with Crippen LogP contribution < -0.4 is 15.5 Å². The monoisotopic (exact) mass is 396 g/mol. The van der Waals surface area contributed by atoms with E-state index in [1.54, 1.807) is 18.0 Å². The number of aliphatic imine (C=N–C) groups is 1. The summed E-state index contributed by atoms with van der Waals surface area (Å²) in [7, 11) is 0. The van der Waals surface area contributed by atoms with Gasteiger partial charge in [-0.25, -0.2) is 0 Å². The van der Waals surface area contributed by atoms with Crippen LogP contribution in [0.15, 0.2) is 29.4 Å². The number of nitrogens with two attached hydrogens (primary N) is 1. The van der Waals surface area contributed by atoms with Crippen molar-refractivity contribution in [3.8, 4) is 0 Å². The quantitative estimate of drug-likeness (QED) is 0.792. The standard InChI is InChI=1S/C22H28N4O3/c1-14-11-25(22(28)16-4-3-5-16)21-8-17(6-7-20(21)26(14)15(2)27)18(9-23)10-24-19-12-29-13-19/h6-10,14,16,19H,3-5,11-13,23H2,1-2H3. The molecule has 154 valence electrons. The maximum Gasteiger partial charge on any atom is 0.230 e. The minimum Gasteiger partial charge on any atom is -0.404 e. The second-order valence-corrected chi connectivity index (χ2v) is 8.11. The molecule has 2 heterocycles. The normalized spacial score (nSPS) is 23.0. The summed E-state index contributed by atoms with van der Waals surface area (Å²) in [5.41, 5.74) is 9.07. The van der Waals surface area contributed by atoms with E-state index >= 15 is 0 Å². The molecule has 7 heteroatoms. The van der Waals surface area contributed by atoms with Gasteiger partial charge in [0.25, 0.3) is 0 Å². The van der Waals surface area contributed by atoms with Crippen LogP contribution in [0, 0.1) is 5.92 Å². The lowest BCUT2D eigenvalue weighted by Gasteiger charge is -2.43. The fraction of sp³-hybridized carbons (Fsp3) is 0.500. The molecule has 0 spiro atoms. The van der Waals surface area contributed by atoms with Crippen molar-refractivity contribution in [2.45, 2.75) is 45.2 Å². The molecule has 1 aromatic rings. The predicted octanol–water partition coefficient (Wildman–Crippen LogP) is 2.34. The Kier molecular flexibility index (Phi) is 5.41. The summed E-state index contributed by atoms with van der Waals surface area (Å²) >= 11 is 0. The molecule has 7 nitrogen and oxygen atoms in total. The Morgan fingerprint density at radius 1 is 1.24 bits per heavy atom. The van der Waals surface area contributed by atoms with Crippen molar-refractivity contribution in [2.75, 3.05) is 29.6 Å². The number of fused-ring (bicyclic) bond motifs is 1. The van der Waals surface area contributed by atoms with Crippen LogP contribution in [0.5, 0.6) is 0 Å². The van der Waals surface area contributed by atoms with Crippen LogP contribution in [-0.4, -0.2) is 49.9 Å². The molecule has 1 saturated heterocycles. The summed E-state index contributed by atoms with van der Waals surface area (Å²) in [6.07, 6.45) is 6.28. The highest BCUT2D eigenvalue weighted by molar-refractivity contribution is 6.11. The zero-order valence-corrected chi connectivity index (χ0v) is 17.0. The maximum absolute atomic E-state index is 13.1. The van der Waals surface area contributed by atoms with Gasteiger partial charge in [0.1, 0.15) is 0 Å². The van der Waals surface area contributed by atoms with Crippen molar-refractivity contribution in [1.82, 2.24) is 0 Å². The Bertz CT molecular complexity index is 871. The molecule has 2 N–H and O–H groups in total. The first kappa shape index (κ1) is 19.6. The van der Waals surface area contributed by atoms with E-state index in [0.717, 1.165) is 41.8 Å². The Morgan fingerprint density at radius 3 is 2.55 bits per heavy atom. The molecule has 2 fully saturated rings. The number of hydrogen-bond donors (Lipinski definition) is 1.